The normalized spacial score (nSPS) is 25.3. The van der Waals surface area contributed by atoms with Gasteiger partial charge in [-0.2, -0.15) is 0 Å². The summed E-state index contributed by atoms with van der Waals surface area (Å²) >= 11 is 4.06. The lowest BCUT2D eigenvalue weighted by Crippen LogP contribution is -2.37. The number of alkyl halides is 1. The molecule has 0 heterocycles. The van der Waals surface area contributed by atoms with E-state index in [4.69, 9.17) is 0 Å². The summed E-state index contributed by atoms with van der Waals surface area (Å²) in [5, 5.41) is 0. The molecule has 0 nitrogen and oxygen atoms in total. The van der Waals surface area contributed by atoms with Crippen molar-refractivity contribution in [1.82, 2.24) is 0 Å². The zero-order chi connectivity index (χ0) is 14.6. The second-order valence-electron chi connectivity index (χ2n) is 5.54. The summed E-state index contributed by atoms with van der Waals surface area (Å²) in [4.78, 5) is 0. The van der Waals surface area contributed by atoms with Crippen LogP contribution in [0, 0.1) is 0 Å². The second kappa shape index (κ2) is 4.32. The van der Waals surface area contributed by atoms with Crippen LogP contribution in [0.3, 0.4) is 0 Å². The van der Waals surface area contributed by atoms with Gasteiger partial charge in [-0.3, -0.25) is 0 Å². The zero-order valence-corrected chi connectivity index (χ0v) is 13.2. The maximum absolute atomic E-state index is 4.06. The molecular formula is C20H15Br. The number of benzene rings is 2. The average molecular weight is 335 g/mol. The topological polar surface area (TPSA) is 0 Å². The molecule has 0 radical (unpaired) electrons. The Morgan fingerprint density at radius 3 is 1.86 bits per heavy atom. The highest BCUT2D eigenvalue weighted by atomic mass is 79.9. The highest BCUT2D eigenvalue weighted by Gasteiger charge is 2.49. The van der Waals surface area contributed by atoms with Crippen molar-refractivity contribution in [2.24, 2.45) is 0 Å². The van der Waals surface area contributed by atoms with Gasteiger partial charge in [-0.1, -0.05) is 89.8 Å². The van der Waals surface area contributed by atoms with Crippen LogP contribution < -0.4 is 0 Å². The van der Waals surface area contributed by atoms with Crippen LogP contribution in [0.5, 0.6) is 0 Å². The Balaban J connectivity index is 2.20. The van der Waals surface area contributed by atoms with E-state index in [1.165, 1.54) is 33.4 Å². The maximum atomic E-state index is 4.06. The van der Waals surface area contributed by atoms with Crippen molar-refractivity contribution in [3.05, 3.63) is 107 Å². The smallest absolute Gasteiger partial charge is 0.0987 e. The second-order valence-corrected chi connectivity index (χ2v) is 6.73. The van der Waals surface area contributed by atoms with Gasteiger partial charge >= 0.3 is 0 Å². The Labute approximate surface area is 133 Å². The van der Waals surface area contributed by atoms with Gasteiger partial charge in [0, 0.05) is 5.92 Å². The monoisotopic (exact) mass is 334 g/mol. The van der Waals surface area contributed by atoms with Crippen molar-refractivity contribution in [2.45, 2.75) is 10.2 Å². The number of hydrogen-bond acceptors (Lipinski definition) is 0. The molecule has 0 saturated carbocycles. The van der Waals surface area contributed by atoms with E-state index >= 15 is 0 Å². The van der Waals surface area contributed by atoms with Crippen molar-refractivity contribution in [3.8, 4) is 0 Å². The molecule has 5 rings (SSSR count). The van der Waals surface area contributed by atoms with Crippen LogP contribution in [0.1, 0.15) is 28.2 Å². The first-order valence-electron chi connectivity index (χ1n) is 7.10. The van der Waals surface area contributed by atoms with E-state index in [0.29, 0.717) is 0 Å². The van der Waals surface area contributed by atoms with Crippen molar-refractivity contribution in [3.63, 3.8) is 0 Å². The summed E-state index contributed by atoms with van der Waals surface area (Å²) < 4.78 is -0.305. The molecule has 0 atom stereocenters. The summed E-state index contributed by atoms with van der Waals surface area (Å²) in [5.74, 6) is 0.266. The first kappa shape index (κ1) is 12.8. The zero-order valence-electron chi connectivity index (χ0n) is 11.6. The molecule has 0 amide bonds. The van der Waals surface area contributed by atoms with Crippen molar-refractivity contribution in [1.29, 1.82) is 0 Å². The molecule has 0 unspecified atom stereocenters. The van der Waals surface area contributed by atoms with E-state index in [9.17, 15) is 0 Å². The molecule has 0 fully saturated rings. The average Bonchev–Trinajstić information content (AvgIpc) is 2.54. The number of halogens is 1. The SMILES string of the molecule is C=CC1=C(C=C)C2(Br)c3ccccc3C1c1ccccc12. The van der Waals surface area contributed by atoms with Gasteiger partial charge in [0.2, 0.25) is 0 Å². The summed E-state index contributed by atoms with van der Waals surface area (Å²) in [7, 11) is 0. The largest absolute Gasteiger partial charge is 0.101 e. The van der Waals surface area contributed by atoms with Crippen LogP contribution in [0.25, 0.3) is 0 Å². The predicted molar refractivity (Wildman–Crippen MR) is 91.9 cm³/mol. The highest BCUT2D eigenvalue weighted by Crippen LogP contribution is 2.61. The van der Waals surface area contributed by atoms with Crippen LogP contribution >= 0.6 is 15.9 Å². The Kier molecular flexibility index (Phi) is 2.64. The molecule has 102 valence electrons. The van der Waals surface area contributed by atoms with E-state index in [0.717, 1.165) is 0 Å². The lowest BCUT2D eigenvalue weighted by atomic mass is 9.61. The minimum Gasteiger partial charge on any atom is -0.0987 e. The Bertz CT molecular complexity index is 763. The Hall–Kier alpha value is -1.86. The standard InChI is InChI=1S/C20H15Br/c1-3-13-16(4-2)20(21)17-11-7-5-9-14(17)19(13)15-10-6-8-12-18(15)20/h3-12,19H,1-2H2. The quantitative estimate of drug-likeness (QED) is 0.640. The van der Waals surface area contributed by atoms with Gasteiger partial charge in [0.1, 0.15) is 4.32 Å². The Morgan fingerprint density at radius 2 is 1.38 bits per heavy atom. The minimum atomic E-state index is -0.305. The molecule has 0 saturated heterocycles. The lowest BCUT2D eigenvalue weighted by molar-refractivity contribution is 0.728. The number of allylic oxidation sites excluding steroid dienone is 4. The molecule has 3 aliphatic rings. The third-order valence-electron chi connectivity index (χ3n) is 4.70. The highest BCUT2D eigenvalue weighted by molar-refractivity contribution is 9.10. The lowest BCUT2D eigenvalue weighted by Gasteiger charge is -2.47. The third kappa shape index (κ3) is 1.40. The molecule has 2 aromatic carbocycles. The molecule has 0 spiro atoms. The van der Waals surface area contributed by atoms with Crippen LogP contribution in [0.4, 0.5) is 0 Å². The first-order chi connectivity index (χ1) is 10.2. The molecule has 2 aromatic rings. The first-order valence-corrected chi connectivity index (χ1v) is 7.90. The van der Waals surface area contributed by atoms with Crippen LogP contribution in [-0.2, 0) is 4.32 Å². The number of rotatable bonds is 2. The van der Waals surface area contributed by atoms with Gasteiger partial charge in [0.25, 0.3) is 0 Å². The predicted octanol–water partition coefficient (Wildman–Crippen LogP) is 5.45. The van der Waals surface area contributed by atoms with E-state index in [1.54, 1.807) is 0 Å². The van der Waals surface area contributed by atoms with Gasteiger partial charge in [-0.25, -0.2) is 0 Å². The Morgan fingerprint density at radius 1 is 0.857 bits per heavy atom. The van der Waals surface area contributed by atoms with E-state index in [-0.39, 0.29) is 10.2 Å². The van der Waals surface area contributed by atoms with Crippen molar-refractivity contribution >= 4 is 15.9 Å². The summed E-state index contributed by atoms with van der Waals surface area (Å²) in [6.45, 7) is 8.11. The van der Waals surface area contributed by atoms with Gasteiger partial charge < -0.3 is 0 Å². The van der Waals surface area contributed by atoms with Crippen molar-refractivity contribution in [2.75, 3.05) is 0 Å². The van der Waals surface area contributed by atoms with E-state index < -0.39 is 0 Å². The third-order valence-corrected chi connectivity index (χ3v) is 5.98. The van der Waals surface area contributed by atoms with Gasteiger partial charge in [0.05, 0.1) is 0 Å². The molecule has 2 bridgehead atoms. The minimum absolute atomic E-state index is 0.266. The van der Waals surface area contributed by atoms with Crippen molar-refractivity contribution < 1.29 is 0 Å². The summed E-state index contributed by atoms with van der Waals surface area (Å²) in [6.07, 6.45) is 3.97. The number of hydrogen-bond donors (Lipinski definition) is 0. The molecular weight excluding hydrogens is 320 g/mol. The fourth-order valence-electron chi connectivity index (χ4n) is 3.90. The van der Waals surface area contributed by atoms with Gasteiger partial charge in [0.15, 0.2) is 0 Å². The molecule has 3 aliphatic carbocycles. The fourth-order valence-corrected chi connectivity index (χ4v) is 5.02. The molecule has 1 heteroatoms. The summed E-state index contributed by atoms with van der Waals surface area (Å²) in [5.41, 5.74) is 7.88. The maximum Gasteiger partial charge on any atom is 0.101 e. The van der Waals surface area contributed by atoms with E-state index in [1.807, 2.05) is 12.2 Å². The summed E-state index contributed by atoms with van der Waals surface area (Å²) in [6, 6.07) is 17.4. The van der Waals surface area contributed by atoms with Crippen LogP contribution in [0.15, 0.2) is 85.0 Å². The fraction of sp³-hybridized carbons (Fsp3) is 0.100. The van der Waals surface area contributed by atoms with Gasteiger partial charge in [-0.05, 0) is 33.4 Å². The van der Waals surface area contributed by atoms with Crippen LogP contribution in [-0.4, -0.2) is 0 Å². The molecule has 21 heavy (non-hydrogen) atoms. The van der Waals surface area contributed by atoms with Gasteiger partial charge in [-0.15, -0.1) is 0 Å². The molecule has 0 N–H and O–H groups in total. The van der Waals surface area contributed by atoms with Crippen LogP contribution in [0.2, 0.25) is 0 Å². The molecule has 0 aliphatic heterocycles. The van der Waals surface area contributed by atoms with E-state index in [2.05, 4.69) is 77.6 Å². The molecule has 0 aromatic heterocycles.